The zero-order valence-electron chi connectivity index (χ0n) is 20.1. The lowest BCUT2D eigenvalue weighted by Gasteiger charge is -2.15. The van der Waals surface area contributed by atoms with Gasteiger partial charge in [0.1, 0.15) is 31.7 Å². The van der Waals surface area contributed by atoms with E-state index in [4.69, 9.17) is 14.9 Å². The summed E-state index contributed by atoms with van der Waals surface area (Å²) in [6, 6.07) is 11.8. The number of methoxy groups -OCH3 is 1. The molecule has 3 N–H and O–H groups in total. The Morgan fingerprint density at radius 1 is 1.25 bits per heavy atom. The number of fused-ring (bicyclic) bond motifs is 1. The van der Waals surface area contributed by atoms with E-state index in [1.807, 2.05) is 26.0 Å². The third-order valence-corrected chi connectivity index (χ3v) is 6.35. The van der Waals surface area contributed by atoms with E-state index in [1.165, 1.54) is 6.07 Å². The number of pyridine rings is 1. The number of nitrogens with zero attached hydrogens (tertiary/aromatic N) is 2. The van der Waals surface area contributed by atoms with Crippen LogP contribution < -0.4 is 26.5 Å². The predicted molar refractivity (Wildman–Crippen MR) is 143 cm³/mol. The van der Waals surface area contributed by atoms with Crippen LogP contribution in [0, 0.1) is 12.7 Å². The molecule has 1 amide bonds. The van der Waals surface area contributed by atoms with Crippen LogP contribution in [-0.4, -0.2) is 23.5 Å². The smallest absolute Gasteiger partial charge is 0.227 e. The molecule has 36 heavy (non-hydrogen) atoms. The number of nitrogens with two attached hydrogens (primary N) is 1. The molecule has 0 aliphatic heterocycles. The van der Waals surface area contributed by atoms with E-state index in [0.717, 1.165) is 21.9 Å². The molecule has 0 radical (unpaired) electrons. The Balaban J connectivity index is 0.000000223. The van der Waals surface area contributed by atoms with Gasteiger partial charge < -0.3 is 20.2 Å². The summed E-state index contributed by atoms with van der Waals surface area (Å²) in [4.78, 5) is 19.0. The Morgan fingerprint density at radius 2 is 2.03 bits per heavy atom. The Hall–Kier alpha value is -2.99. The first-order valence-electron chi connectivity index (χ1n) is 11.1. The molecular formula is C25H28F2N4O3P2. The molecule has 0 saturated heterocycles. The number of aromatic nitrogens is 2. The summed E-state index contributed by atoms with van der Waals surface area (Å²) in [6.45, 7) is 4.04. The highest BCUT2D eigenvalue weighted by Crippen LogP contribution is 2.33. The number of aryl methyl sites for hydroxylation is 1. The highest BCUT2D eigenvalue weighted by atomic mass is 31.1. The Bertz CT molecular complexity index is 1350. The SMILES string of the molecule is CCC(NC=O)c1ccc(P)cc1F.COc1ccc(-c2nc(C)c(CN)o2)c2ccc(PF)nc12. The van der Waals surface area contributed by atoms with Crippen LogP contribution in [-0.2, 0) is 11.3 Å². The van der Waals surface area contributed by atoms with Crippen LogP contribution in [0.4, 0.5) is 8.59 Å². The Morgan fingerprint density at radius 3 is 2.61 bits per heavy atom. The largest absolute Gasteiger partial charge is 0.494 e. The molecule has 0 fully saturated rings. The van der Waals surface area contributed by atoms with Crippen LogP contribution in [0.5, 0.6) is 5.75 Å². The monoisotopic (exact) mass is 532 g/mol. The average molecular weight is 532 g/mol. The first-order chi connectivity index (χ1) is 17.4. The maximum absolute atomic E-state index is 13.4. The average Bonchev–Trinajstić information content (AvgIpc) is 3.27. The normalized spacial score (nSPS) is 11.9. The summed E-state index contributed by atoms with van der Waals surface area (Å²) in [5.41, 5.74) is 8.68. The quantitative estimate of drug-likeness (QED) is 0.258. The number of hydrogen-bond donors (Lipinski definition) is 2. The van der Waals surface area contributed by atoms with Gasteiger partial charge in [0.15, 0.2) is 0 Å². The summed E-state index contributed by atoms with van der Waals surface area (Å²) < 4.78 is 37.4. The zero-order chi connectivity index (χ0) is 26.2. The summed E-state index contributed by atoms with van der Waals surface area (Å²) in [5, 5.41) is 4.18. The lowest BCUT2D eigenvalue weighted by Crippen LogP contribution is -2.20. The molecule has 190 valence electrons. The molecule has 4 aromatic rings. The molecule has 11 heteroatoms. The van der Waals surface area contributed by atoms with Gasteiger partial charge in [-0.25, -0.2) is 18.6 Å². The van der Waals surface area contributed by atoms with Crippen LogP contribution in [0.3, 0.4) is 0 Å². The number of amides is 1. The molecule has 7 nitrogen and oxygen atoms in total. The number of carbonyl (C=O) groups is 1. The minimum absolute atomic E-state index is 0.238. The summed E-state index contributed by atoms with van der Waals surface area (Å²) in [7, 11) is 3.12. The molecule has 0 aliphatic rings. The Labute approximate surface area is 212 Å². The van der Waals surface area contributed by atoms with Gasteiger partial charge in [-0.15, -0.1) is 9.24 Å². The van der Waals surface area contributed by atoms with Crippen molar-refractivity contribution >= 4 is 46.2 Å². The topological polar surface area (TPSA) is 103 Å². The number of rotatable bonds is 8. The minimum Gasteiger partial charge on any atom is -0.494 e. The fourth-order valence-electron chi connectivity index (χ4n) is 3.66. The van der Waals surface area contributed by atoms with Crippen molar-refractivity contribution in [2.75, 3.05) is 7.11 Å². The lowest BCUT2D eigenvalue weighted by molar-refractivity contribution is -0.110. The summed E-state index contributed by atoms with van der Waals surface area (Å²) in [5.74, 6) is 1.43. The second-order valence-corrected chi connectivity index (χ2v) is 9.13. The molecule has 3 atom stereocenters. The van der Waals surface area contributed by atoms with E-state index >= 15 is 0 Å². The third kappa shape index (κ3) is 6.22. The number of ether oxygens (including phenoxy) is 1. The fourth-order valence-corrected chi connectivity index (χ4v) is 4.21. The van der Waals surface area contributed by atoms with Crippen molar-refractivity contribution in [2.45, 2.75) is 32.9 Å². The second kappa shape index (κ2) is 12.8. The maximum Gasteiger partial charge on any atom is 0.227 e. The standard InChI is InChI=1S/C15H15FN3O2P.C10H13FNOP/c1-8-12(7-17)21-15(18-8)10-3-5-11(20-2)14-9(10)4-6-13(19-14)22-16;1-2-10(12-6-13)8-4-3-7(14)5-9(8)11/h3-6,22H,7,17H2,1-2H3;3-6,10H,2,14H2,1H3,(H,12,13). The molecule has 4 rings (SSSR count). The van der Waals surface area contributed by atoms with Crippen molar-refractivity contribution in [3.8, 4) is 17.2 Å². The van der Waals surface area contributed by atoms with E-state index in [1.54, 1.807) is 31.4 Å². The summed E-state index contributed by atoms with van der Waals surface area (Å²) >= 11 is 0. The number of hydrogen-bond acceptors (Lipinski definition) is 6. The molecule has 2 aromatic heterocycles. The molecule has 0 saturated carbocycles. The van der Waals surface area contributed by atoms with Gasteiger partial charge in [-0.3, -0.25) is 4.79 Å². The molecule has 0 spiro atoms. The van der Waals surface area contributed by atoms with Crippen molar-refractivity contribution in [2.24, 2.45) is 5.73 Å². The fraction of sp³-hybridized carbons (Fsp3) is 0.240. The molecule has 0 aliphatic carbocycles. The van der Waals surface area contributed by atoms with Crippen LogP contribution in [0.15, 0.2) is 46.9 Å². The van der Waals surface area contributed by atoms with Crippen molar-refractivity contribution < 1.29 is 22.5 Å². The van der Waals surface area contributed by atoms with Gasteiger partial charge in [0.05, 0.1) is 30.8 Å². The number of carbonyl (C=O) groups excluding carboxylic acids is 1. The third-order valence-electron chi connectivity index (χ3n) is 5.52. The second-order valence-electron chi connectivity index (χ2n) is 7.76. The number of halogens is 2. The van der Waals surface area contributed by atoms with Crippen LogP contribution >= 0.6 is 18.1 Å². The number of oxazole rings is 1. The van der Waals surface area contributed by atoms with E-state index < -0.39 is 8.89 Å². The first kappa shape index (κ1) is 27.6. The highest BCUT2D eigenvalue weighted by Gasteiger charge is 2.16. The van der Waals surface area contributed by atoms with Gasteiger partial charge in [0, 0.05) is 16.5 Å². The van der Waals surface area contributed by atoms with Gasteiger partial charge in [-0.2, -0.15) is 0 Å². The minimum atomic E-state index is -0.866. The molecule has 2 aromatic carbocycles. The van der Waals surface area contributed by atoms with Gasteiger partial charge >= 0.3 is 0 Å². The molecule has 0 bridgehead atoms. The van der Waals surface area contributed by atoms with Gasteiger partial charge in [0.25, 0.3) is 0 Å². The van der Waals surface area contributed by atoms with Crippen molar-refractivity contribution in [3.63, 3.8) is 0 Å². The summed E-state index contributed by atoms with van der Waals surface area (Å²) in [6.07, 6.45) is 1.27. The molecule has 2 heterocycles. The van der Waals surface area contributed by atoms with E-state index in [-0.39, 0.29) is 18.4 Å². The van der Waals surface area contributed by atoms with E-state index in [9.17, 15) is 13.4 Å². The van der Waals surface area contributed by atoms with Gasteiger partial charge in [-0.1, -0.05) is 19.1 Å². The molecular weight excluding hydrogens is 504 g/mol. The lowest BCUT2D eigenvalue weighted by atomic mass is 10.0. The van der Waals surface area contributed by atoms with Crippen LogP contribution in [0.25, 0.3) is 22.4 Å². The Kier molecular flexibility index (Phi) is 9.82. The molecule has 3 unspecified atom stereocenters. The van der Waals surface area contributed by atoms with E-state index in [2.05, 4.69) is 24.5 Å². The van der Waals surface area contributed by atoms with E-state index in [0.29, 0.717) is 46.7 Å². The maximum atomic E-state index is 13.4. The zero-order valence-corrected chi connectivity index (χ0v) is 22.3. The van der Waals surface area contributed by atoms with Crippen molar-refractivity contribution in [1.82, 2.24) is 15.3 Å². The van der Waals surface area contributed by atoms with Crippen LogP contribution in [0.1, 0.15) is 36.4 Å². The predicted octanol–water partition coefficient (Wildman–Crippen LogP) is 4.38. The first-order valence-corrected chi connectivity index (χ1v) is 12.6. The van der Waals surface area contributed by atoms with Gasteiger partial charge in [0.2, 0.25) is 12.3 Å². The van der Waals surface area contributed by atoms with Crippen LogP contribution in [0.2, 0.25) is 0 Å². The van der Waals surface area contributed by atoms with Crippen molar-refractivity contribution in [3.05, 3.63) is 65.3 Å². The van der Waals surface area contributed by atoms with Gasteiger partial charge in [-0.05, 0) is 49.0 Å². The van der Waals surface area contributed by atoms with Crippen molar-refractivity contribution in [1.29, 1.82) is 0 Å². The number of nitrogens with one attached hydrogen (secondary N) is 1. The highest BCUT2D eigenvalue weighted by molar-refractivity contribution is 7.41. The number of benzene rings is 2.